The minimum Gasteiger partial charge on any atom is -0.361 e. The maximum atomic E-state index is 12.0. The Morgan fingerprint density at radius 3 is 3.05 bits per heavy atom. The summed E-state index contributed by atoms with van der Waals surface area (Å²) in [5, 5.41) is 6.89. The maximum absolute atomic E-state index is 12.0. The van der Waals surface area contributed by atoms with Crippen molar-refractivity contribution in [2.45, 2.75) is 26.8 Å². The number of hydrogen-bond acceptors (Lipinski definition) is 4. The van der Waals surface area contributed by atoms with Gasteiger partial charge in [0.05, 0.1) is 6.54 Å². The third-order valence-corrected chi connectivity index (χ3v) is 3.78. The fourth-order valence-electron chi connectivity index (χ4n) is 2.54. The van der Waals surface area contributed by atoms with Gasteiger partial charge in [-0.15, -0.1) is 0 Å². The SMILES string of the molecule is CCN1CC[C@H](CNC(=O)N(C)Cc2cc(C)on2)C1. The molecule has 1 aromatic heterocycles. The summed E-state index contributed by atoms with van der Waals surface area (Å²) in [6, 6.07) is 1.79. The zero-order valence-electron chi connectivity index (χ0n) is 12.6. The first kappa shape index (κ1) is 14.8. The van der Waals surface area contributed by atoms with Crippen LogP contribution in [0.4, 0.5) is 4.79 Å². The standard InChI is InChI=1S/C14H24N4O2/c1-4-18-6-5-12(9-18)8-15-14(19)17(3)10-13-7-11(2)20-16-13/h7,12H,4-6,8-10H2,1-3H3,(H,15,19)/t12-/m1/s1. The van der Waals surface area contributed by atoms with Gasteiger partial charge in [0.1, 0.15) is 11.5 Å². The number of urea groups is 1. The van der Waals surface area contributed by atoms with Gasteiger partial charge in [-0.05, 0) is 32.4 Å². The largest absolute Gasteiger partial charge is 0.361 e. The number of carbonyl (C=O) groups excluding carboxylic acids is 1. The molecule has 1 atom stereocenters. The van der Waals surface area contributed by atoms with Crippen LogP contribution in [0.3, 0.4) is 0 Å². The Labute approximate surface area is 120 Å². The lowest BCUT2D eigenvalue weighted by molar-refractivity contribution is 0.203. The van der Waals surface area contributed by atoms with Crippen LogP contribution in [0.15, 0.2) is 10.6 Å². The lowest BCUT2D eigenvalue weighted by Gasteiger charge is -2.18. The van der Waals surface area contributed by atoms with Crippen molar-refractivity contribution in [3.8, 4) is 0 Å². The molecule has 6 heteroatoms. The number of likely N-dealkylation sites (tertiary alicyclic amines) is 1. The molecule has 0 aromatic carbocycles. The van der Waals surface area contributed by atoms with Crippen LogP contribution in [0.25, 0.3) is 0 Å². The van der Waals surface area contributed by atoms with Crippen molar-refractivity contribution in [1.29, 1.82) is 0 Å². The molecule has 0 saturated carbocycles. The van der Waals surface area contributed by atoms with Gasteiger partial charge in [-0.3, -0.25) is 0 Å². The summed E-state index contributed by atoms with van der Waals surface area (Å²) in [5.41, 5.74) is 0.776. The molecule has 1 aliphatic heterocycles. The zero-order valence-corrected chi connectivity index (χ0v) is 12.6. The van der Waals surface area contributed by atoms with Crippen LogP contribution in [-0.2, 0) is 6.54 Å². The number of hydrogen-bond donors (Lipinski definition) is 1. The molecule has 1 N–H and O–H groups in total. The second-order valence-corrected chi connectivity index (χ2v) is 5.52. The van der Waals surface area contributed by atoms with Crippen molar-refractivity contribution in [3.05, 3.63) is 17.5 Å². The van der Waals surface area contributed by atoms with Gasteiger partial charge in [0.15, 0.2) is 0 Å². The Kier molecular flexibility index (Phi) is 5.00. The van der Waals surface area contributed by atoms with Gasteiger partial charge >= 0.3 is 6.03 Å². The Hall–Kier alpha value is -1.56. The van der Waals surface area contributed by atoms with Gasteiger partial charge in [-0.1, -0.05) is 12.1 Å². The van der Waals surface area contributed by atoms with Crippen molar-refractivity contribution in [2.24, 2.45) is 5.92 Å². The molecule has 2 amide bonds. The molecule has 0 unspecified atom stereocenters. The lowest BCUT2D eigenvalue weighted by atomic mass is 10.1. The fourth-order valence-corrected chi connectivity index (χ4v) is 2.54. The number of aryl methyl sites for hydroxylation is 1. The summed E-state index contributed by atoms with van der Waals surface area (Å²) in [7, 11) is 1.77. The van der Waals surface area contributed by atoms with E-state index in [0.29, 0.717) is 12.5 Å². The summed E-state index contributed by atoms with van der Waals surface area (Å²) in [4.78, 5) is 16.0. The molecule has 1 fully saturated rings. The minimum absolute atomic E-state index is 0.0550. The summed E-state index contributed by atoms with van der Waals surface area (Å²) in [5.74, 6) is 1.33. The number of aromatic nitrogens is 1. The average molecular weight is 280 g/mol. The van der Waals surface area contributed by atoms with Crippen molar-refractivity contribution in [3.63, 3.8) is 0 Å². The fraction of sp³-hybridized carbons (Fsp3) is 0.714. The molecule has 112 valence electrons. The molecule has 0 radical (unpaired) electrons. The van der Waals surface area contributed by atoms with E-state index in [4.69, 9.17) is 4.52 Å². The van der Waals surface area contributed by atoms with E-state index in [-0.39, 0.29) is 6.03 Å². The highest BCUT2D eigenvalue weighted by Crippen LogP contribution is 2.14. The molecule has 0 spiro atoms. The third kappa shape index (κ3) is 3.96. The van der Waals surface area contributed by atoms with Gasteiger partial charge in [-0.25, -0.2) is 4.79 Å². The third-order valence-electron chi connectivity index (χ3n) is 3.78. The molecular formula is C14H24N4O2. The molecule has 1 aromatic rings. The Balaban J connectivity index is 1.71. The van der Waals surface area contributed by atoms with Gasteiger partial charge in [-0.2, -0.15) is 0 Å². The topological polar surface area (TPSA) is 61.6 Å². The number of nitrogens with zero attached hydrogens (tertiary/aromatic N) is 3. The summed E-state index contributed by atoms with van der Waals surface area (Å²) < 4.78 is 5.00. The maximum Gasteiger partial charge on any atom is 0.317 e. The van der Waals surface area contributed by atoms with E-state index in [1.165, 1.54) is 6.42 Å². The number of carbonyl (C=O) groups is 1. The second kappa shape index (κ2) is 6.74. The Morgan fingerprint density at radius 2 is 2.45 bits per heavy atom. The lowest BCUT2D eigenvalue weighted by Crippen LogP contribution is -2.39. The zero-order chi connectivity index (χ0) is 14.5. The van der Waals surface area contributed by atoms with Gasteiger partial charge in [0.25, 0.3) is 0 Å². The van der Waals surface area contributed by atoms with Gasteiger partial charge < -0.3 is 19.6 Å². The van der Waals surface area contributed by atoms with Crippen LogP contribution in [-0.4, -0.2) is 54.2 Å². The van der Waals surface area contributed by atoms with E-state index in [2.05, 4.69) is 22.3 Å². The molecular weight excluding hydrogens is 256 g/mol. The summed E-state index contributed by atoms with van der Waals surface area (Å²) >= 11 is 0. The van der Waals surface area contributed by atoms with Crippen LogP contribution in [0, 0.1) is 12.8 Å². The molecule has 6 nitrogen and oxygen atoms in total. The second-order valence-electron chi connectivity index (χ2n) is 5.52. The summed E-state index contributed by atoms with van der Waals surface area (Å²) in [6.07, 6.45) is 1.17. The van der Waals surface area contributed by atoms with Crippen LogP contribution < -0.4 is 5.32 Å². The highest BCUT2D eigenvalue weighted by molar-refractivity contribution is 5.73. The van der Waals surface area contributed by atoms with E-state index in [1.54, 1.807) is 11.9 Å². The normalized spacial score (nSPS) is 19.2. The molecule has 1 saturated heterocycles. The molecule has 2 heterocycles. The van der Waals surface area contributed by atoms with E-state index < -0.39 is 0 Å². The van der Waals surface area contributed by atoms with Crippen molar-refractivity contribution >= 4 is 6.03 Å². The monoisotopic (exact) mass is 280 g/mol. The predicted molar refractivity (Wildman–Crippen MR) is 76.3 cm³/mol. The molecule has 20 heavy (non-hydrogen) atoms. The van der Waals surface area contributed by atoms with Crippen LogP contribution >= 0.6 is 0 Å². The van der Waals surface area contributed by atoms with Crippen LogP contribution in [0.2, 0.25) is 0 Å². The predicted octanol–water partition coefficient (Wildman–Crippen LogP) is 1.47. The quantitative estimate of drug-likeness (QED) is 0.887. The van der Waals surface area contributed by atoms with E-state index in [0.717, 1.165) is 37.6 Å². The first-order valence-corrected chi connectivity index (χ1v) is 7.22. The van der Waals surface area contributed by atoms with E-state index in [9.17, 15) is 4.79 Å². The number of nitrogens with one attached hydrogen (secondary N) is 1. The number of rotatable bonds is 5. The smallest absolute Gasteiger partial charge is 0.317 e. The first-order valence-electron chi connectivity index (χ1n) is 7.22. The highest BCUT2D eigenvalue weighted by Gasteiger charge is 2.22. The van der Waals surface area contributed by atoms with Crippen LogP contribution in [0.1, 0.15) is 24.8 Å². The Morgan fingerprint density at radius 1 is 1.65 bits per heavy atom. The molecule has 0 bridgehead atoms. The van der Waals surface area contributed by atoms with Gasteiger partial charge in [0, 0.05) is 26.2 Å². The van der Waals surface area contributed by atoms with Gasteiger partial charge in [0.2, 0.25) is 0 Å². The average Bonchev–Trinajstić information content (AvgIpc) is 3.04. The molecule has 1 aliphatic rings. The Bertz CT molecular complexity index is 446. The van der Waals surface area contributed by atoms with Crippen LogP contribution in [0.5, 0.6) is 0 Å². The molecule has 0 aliphatic carbocycles. The number of amides is 2. The van der Waals surface area contributed by atoms with E-state index >= 15 is 0 Å². The van der Waals surface area contributed by atoms with Crippen molar-refractivity contribution < 1.29 is 9.32 Å². The first-order chi connectivity index (χ1) is 9.58. The minimum atomic E-state index is -0.0550. The summed E-state index contributed by atoms with van der Waals surface area (Å²) in [6.45, 7) is 8.56. The molecule has 2 rings (SSSR count). The van der Waals surface area contributed by atoms with E-state index in [1.807, 2.05) is 13.0 Å². The highest BCUT2D eigenvalue weighted by atomic mass is 16.5. The van der Waals surface area contributed by atoms with Crippen molar-refractivity contribution in [1.82, 2.24) is 20.3 Å². The van der Waals surface area contributed by atoms with Crippen molar-refractivity contribution in [2.75, 3.05) is 33.2 Å².